The first-order valence-corrected chi connectivity index (χ1v) is 7.30. The first kappa shape index (κ1) is 18.4. The number of rotatable bonds is 0. The Labute approximate surface area is 135 Å². The maximum absolute atomic E-state index is 12.3. The Kier molecular flexibility index (Phi) is 5.56. The Morgan fingerprint density at radius 2 is 1.50 bits per heavy atom. The molecule has 8 heteroatoms. The van der Waals surface area contributed by atoms with Gasteiger partial charge in [-0.05, 0) is 41.5 Å². The van der Waals surface area contributed by atoms with Crippen LogP contribution in [0.3, 0.4) is 0 Å². The van der Waals surface area contributed by atoms with Gasteiger partial charge in [0.25, 0.3) is 0 Å². The molecule has 0 aliphatic carbocycles. The fourth-order valence-corrected chi connectivity index (χ4v) is 1.58. The standard InChI is InChI=1S/C14H22ClN3O4/c1-13(2,3)21-11(19)18(12(20)22-14(4,5)6)10-16-8-7-9(15)17-10/h7-8H2,1-6H3. The number of aliphatic imine (C=N–C) groups is 2. The lowest BCUT2D eigenvalue weighted by molar-refractivity contribution is 0.0145. The predicted octanol–water partition coefficient (Wildman–Crippen LogP) is 3.56. The highest BCUT2D eigenvalue weighted by molar-refractivity contribution is 6.66. The van der Waals surface area contributed by atoms with Crippen LogP contribution in [0, 0.1) is 0 Å². The second-order valence-electron chi connectivity index (χ2n) is 6.72. The molecule has 22 heavy (non-hydrogen) atoms. The molecule has 2 amide bonds. The number of carbonyl (C=O) groups is 2. The number of hydrogen-bond donors (Lipinski definition) is 0. The molecular weight excluding hydrogens is 310 g/mol. The molecule has 0 fully saturated rings. The van der Waals surface area contributed by atoms with Crippen molar-refractivity contribution in [3.05, 3.63) is 0 Å². The summed E-state index contributed by atoms with van der Waals surface area (Å²) in [6.45, 7) is 10.5. The lowest BCUT2D eigenvalue weighted by Crippen LogP contribution is -2.47. The molecule has 0 aromatic heterocycles. The normalized spacial score (nSPS) is 15.6. The van der Waals surface area contributed by atoms with Crippen molar-refractivity contribution in [1.29, 1.82) is 0 Å². The van der Waals surface area contributed by atoms with E-state index in [1.165, 1.54) is 0 Å². The summed E-state index contributed by atoms with van der Waals surface area (Å²) in [5, 5.41) is 0.266. The van der Waals surface area contributed by atoms with Crippen LogP contribution < -0.4 is 0 Å². The van der Waals surface area contributed by atoms with Crippen LogP contribution in [0.15, 0.2) is 9.98 Å². The van der Waals surface area contributed by atoms with Crippen molar-refractivity contribution in [2.24, 2.45) is 9.98 Å². The second-order valence-corrected chi connectivity index (χ2v) is 7.15. The monoisotopic (exact) mass is 331 g/mol. The summed E-state index contributed by atoms with van der Waals surface area (Å²) >= 11 is 5.87. The van der Waals surface area contributed by atoms with Gasteiger partial charge >= 0.3 is 12.2 Å². The summed E-state index contributed by atoms with van der Waals surface area (Å²) < 4.78 is 10.4. The third kappa shape index (κ3) is 6.01. The van der Waals surface area contributed by atoms with Crippen LogP contribution in [0.4, 0.5) is 9.59 Å². The molecule has 0 bridgehead atoms. The molecule has 0 N–H and O–H groups in total. The van der Waals surface area contributed by atoms with Crippen molar-refractivity contribution in [3.63, 3.8) is 0 Å². The zero-order valence-electron chi connectivity index (χ0n) is 13.8. The van der Waals surface area contributed by atoms with Crippen molar-refractivity contribution in [2.45, 2.75) is 59.2 Å². The van der Waals surface area contributed by atoms with Gasteiger partial charge in [-0.15, -0.1) is 4.90 Å². The molecule has 0 radical (unpaired) electrons. The maximum atomic E-state index is 12.3. The van der Waals surface area contributed by atoms with Gasteiger partial charge in [0.15, 0.2) is 0 Å². The van der Waals surface area contributed by atoms with Crippen LogP contribution >= 0.6 is 11.6 Å². The van der Waals surface area contributed by atoms with Crippen LogP contribution in [-0.4, -0.2) is 46.0 Å². The van der Waals surface area contributed by atoms with E-state index in [0.29, 0.717) is 17.9 Å². The number of ether oxygens (including phenoxy) is 2. The van der Waals surface area contributed by atoms with Crippen LogP contribution in [-0.2, 0) is 9.47 Å². The average molecular weight is 332 g/mol. The molecule has 0 saturated carbocycles. The minimum absolute atomic E-state index is 0.125. The number of halogens is 1. The number of amides is 2. The minimum atomic E-state index is -0.907. The molecule has 0 saturated heterocycles. The van der Waals surface area contributed by atoms with Gasteiger partial charge < -0.3 is 9.47 Å². The average Bonchev–Trinajstić information content (AvgIpc) is 2.23. The Bertz CT molecular complexity index is 487. The van der Waals surface area contributed by atoms with Gasteiger partial charge in [-0.3, -0.25) is 0 Å². The van der Waals surface area contributed by atoms with Crippen LogP contribution in [0.5, 0.6) is 0 Å². The summed E-state index contributed by atoms with van der Waals surface area (Å²) in [6, 6.07) is 0. The number of hydrogen-bond acceptors (Lipinski definition) is 6. The van der Waals surface area contributed by atoms with E-state index in [1.54, 1.807) is 41.5 Å². The summed E-state index contributed by atoms with van der Waals surface area (Å²) in [5.74, 6) is -0.125. The van der Waals surface area contributed by atoms with Gasteiger partial charge in [-0.2, -0.15) is 0 Å². The van der Waals surface area contributed by atoms with E-state index >= 15 is 0 Å². The number of carbonyl (C=O) groups excluding carboxylic acids is 2. The minimum Gasteiger partial charge on any atom is -0.443 e. The highest BCUT2D eigenvalue weighted by Crippen LogP contribution is 2.17. The molecule has 124 valence electrons. The first-order chi connectivity index (χ1) is 9.89. The Hall–Kier alpha value is -1.63. The van der Waals surface area contributed by atoms with Crippen molar-refractivity contribution in [3.8, 4) is 0 Å². The molecule has 1 aliphatic rings. The van der Waals surface area contributed by atoms with Crippen LogP contribution in [0.25, 0.3) is 0 Å². The quantitative estimate of drug-likeness (QED) is 0.679. The lowest BCUT2D eigenvalue weighted by Gasteiger charge is -2.28. The molecule has 1 heterocycles. The molecule has 0 aromatic carbocycles. The Morgan fingerprint density at radius 1 is 1.05 bits per heavy atom. The van der Waals surface area contributed by atoms with Crippen molar-refractivity contribution in [2.75, 3.05) is 6.54 Å². The summed E-state index contributed by atoms with van der Waals surface area (Å²) in [4.78, 5) is 33.3. The first-order valence-electron chi connectivity index (χ1n) is 6.93. The third-order valence-corrected chi connectivity index (χ3v) is 2.42. The van der Waals surface area contributed by atoms with E-state index < -0.39 is 23.4 Å². The lowest BCUT2D eigenvalue weighted by atomic mass is 10.2. The second kappa shape index (κ2) is 6.64. The Morgan fingerprint density at radius 3 is 1.86 bits per heavy atom. The van der Waals surface area contributed by atoms with Gasteiger partial charge in [-0.1, -0.05) is 11.6 Å². The van der Waals surface area contributed by atoms with Gasteiger partial charge in [-0.25, -0.2) is 19.6 Å². The van der Waals surface area contributed by atoms with Crippen LogP contribution in [0.2, 0.25) is 0 Å². The molecule has 0 spiro atoms. The fourth-order valence-electron chi connectivity index (χ4n) is 1.42. The third-order valence-electron chi connectivity index (χ3n) is 2.14. The van der Waals surface area contributed by atoms with E-state index in [4.69, 9.17) is 21.1 Å². The zero-order chi connectivity index (χ0) is 17.1. The molecule has 7 nitrogen and oxygen atoms in total. The van der Waals surface area contributed by atoms with E-state index in [2.05, 4.69) is 9.98 Å². The van der Waals surface area contributed by atoms with E-state index in [0.717, 1.165) is 0 Å². The van der Waals surface area contributed by atoms with Crippen LogP contribution in [0.1, 0.15) is 48.0 Å². The largest absolute Gasteiger partial charge is 0.443 e. The molecular formula is C14H22ClN3O4. The van der Waals surface area contributed by atoms with Crippen molar-refractivity contribution in [1.82, 2.24) is 4.90 Å². The molecule has 0 atom stereocenters. The zero-order valence-corrected chi connectivity index (χ0v) is 14.5. The SMILES string of the molecule is CC(C)(C)OC(=O)N(C(=O)OC(C)(C)C)C1=NCCC(Cl)=N1. The summed E-state index contributed by atoms with van der Waals surface area (Å²) in [6.07, 6.45) is -1.35. The summed E-state index contributed by atoms with van der Waals surface area (Å²) in [7, 11) is 0. The Balaban J connectivity index is 3.08. The van der Waals surface area contributed by atoms with E-state index in [-0.39, 0.29) is 11.1 Å². The fraction of sp³-hybridized carbons (Fsp3) is 0.714. The van der Waals surface area contributed by atoms with Gasteiger partial charge in [0.05, 0.1) is 0 Å². The van der Waals surface area contributed by atoms with E-state index in [9.17, 15) is 9.59 Å². The van der Waals surface area contributed by atoms with Gasteiger partial charge in [0.1, 0.15) is 16.4 Å². The predicted molar refractivity (Wildman–Crippen MR) is 84.5 cm³/mol. The smallest absolute Gasteiger partial charge is 0.427 e. The number of imide groups is 1. The van der Waals surface area contributed by atoms with Crippen molar-refractivity contribution < 1.29 is 19.1 Å². The van der Waals surface area contributed by atoms with Gasteiger partial charge in [0, 0.05) is 13.0 Å². The molecule has 1 aliphatic heterocycles. The van der Waals surface area contributed by atoms with Gasteiger partial charge in [0.2, 0.25) is 5.96 Å². The highest BCUT2D eigenvalue weighted by Gasteiger charge is 2.35. The highest BCUT2D eigenvalue weighted by atomic mass is 35.5. The molecule has 0 aromatic rings. The number of nitrogens with zero attached hydrogens (tertiary/aromatic N) is 3. The van der Waals surface area contributed by atoms with E-state index in [1.807, 2.05) is 0 Å². The summed E-state index contributed by atoms with van der Waals surface area (Å²) in [5.41, 5.74) is -1.56. The van der Waals surface area contributed by atoms with Crippen molar-refractivity contribution >= 4 is 34.9 Å². The number of guanidine groups is 1. The topological polar surface area (TPSA) is 80.6 Å². The molecule has 1 rings (SSSR count). The molecule has 0 unspecified atom stereocenters. The maximum Gasteiger partial charge on any atom is 0.427 e.